The van der Waals surface area contributed by atoms with Crippen LogP contribution in [0.1, 0.15) is 85.0 Å². The zero-order valence-electron chi connectivity index (χ0n) is 15.9. The number of nitrogens with one attached hydrogen (secondary N) is 1. The molecule has 0 aromatic rings. The highest BCUT2D eigenvalue weighted by molar-refractivity contribution is 5.74. The molecule has 0 aliphatic carbocycles. The number of carboxylic acids is 1. The Morgan fingerprint density at radius 2 is 1.71 bits per heavy atom. The molecule has 1 heterocycles. The molecule has 0 aromatic carbocycles. The average Bonchev–Trinajstić information content (AvgIpc) is 3.12. The average molecular weight is 343 g/mol. The zero-order valence-corrected chi connectivity index (χ0v) is 15.9. The van der Waals surface area contributed by atoms with Crippen molar-refractivity contribution in [1.82, 2.24) is 5.32 Å². The number of carbonyl (C=O) groups is 1. The molecule has 142 valence electrons. The summed E-state index contributed by atoms with van der Waals surface area (Å²) in [5.74, 6) is -0.887. The summed E-state index contributed by atoms with van der Waals surface area (Å²) in [6.45, 7) is 7.42. The van der Waals surface area contributed by atoms with Crippen LogP contribution in [0.25, 0.3) is 0 Å². The topological polar surface area (TPSA) is 81.9 Å². The van der Waals surface area contributed by atoms with Gasteiger partial charge in [-0.15, -0.1) is 0 Å². The van der Waals surface area contributed by atoms with Crippen molar-refractivity contribution < 1.29 is 15.0 Å². The van der Waals surface area contributed by atoms with Gasteiger partial charge in [-0.1, -0.05) is 64.7 Å². The van der Waals surface area contributed by atoms with E-state index in [2.05, 4.69) is 17.2 Å². The van der Waals surface area contributed by atoms with Gasteiger partial charge in [0.1, 0.15) is 0 Å². The summed E-state index contributed by atoms with van der Waals surface area (Å²) in [6, 6.07) is 0. The third-order valence-electron chi connectivity index (χ3n) is 4.78. The van der Waals surface area contributed by atoms with Crippen LogP contribution in [0.2, 0.25) is 0 Å². The van der Waals surface area contributed by atoms with Gasteiger partial charge in [-0.3, -0.25) is 9.79 Å². The fourth-order valence-electron chi connectivity index (χ4n) is 2.62. The van der Waals surface area contributed by atoms with Crippen LogP contribution in [-0.2, 0) is 4.79 Å². The Hall–Kier alpha value is -1.10. The lowest BCUT2D eigenvalue weighted by atomic mass is 9.80. The molecule has 0 aromatic heterocycles. The summed E-state index contributed by atoms with van der Waals surface area (Å²) in [4.78, 5) is 15.0. The number of unbranched alkanes of at least 4 members (excludes halogenated alkanes) is 8. The maximum Gasteiger partial charge on any atom is 0.311 e. The lowest BCUT2D eigenvalue weighted by Gasteiger charge is -2.27. The van der Waals surface area contributed by atoms with Gasteiger partial charge in [0.25, 0.3) is 0 Å². The summed E-state index contributed by atoms with van der Waals surface area (Å²) in [7, 11) is 0. The number of aliphatic hydroxyl groups excluding tert-OH is 1. The van der Waals surface area contributed by atoms with Crippen molar-refractivity contribution in [1.29, 1.82) is 0 Å². The van der Waals surface area contributed by atoms with Crippen molar-refractivity contribution in [3.8, 4) is 0 Å². The van der Waals surface area contributed by atoms with Gasteiger partial charge in [0.05, 0.1) is 24.4 Å². The maximum atomic E-state index is 11.2. The highest BCUT2D eigenvalue weighted by Gasteiger charge is 2.37. The molecule has 1 rings (SSSR count). The molecule has 3 N–H and O–H groups in total. The molecule has 0 saturated carbocycles. The zero-order chi connectivity index (χ0) is 18.3. The van der Waals surface area contributed by atoms with Crippen LogP contribution in [0.15, 0.2) is 4.99 Å². The molecule has 24 heavy (non-hydrogen) atoms. The molecule has 0 radical (unpaired) electrons. The second-order valence-corrected chi connectivity index (χ2v) is 6.97. The molecule has 0 spiro atoms. The van der Waals surface area contributed by atoms with Gasteiger partial charge in [-0.2, -0.15) is 0 Å². The normalized spacial score (nSPS) is 16.7. The molecule has 2 unspecified atom stereocenters. The van der Waals surface area contributed by atoms with Gasteiger partial charge in [0.15, 0.2) is 0 Å². The number of carboxylic acid groups (broad SMARTS) is 1. The number of aliphatic carboxylic acids is 1. The first-order valence-corrected chi connectivity index (χ1v) is 9.58. The predicted molar refractivity (Wildman–Crippen MR) is 101 cm³/mol. The lowest BCUT2D eigenvalue weighted by molar-refractivity contribution is -0.155. The van der Waals surface area contributed by atoms with Gasteiger partial charge in [-0.05, 0) is 20.3 Å². The number of nitrogens with zero attached hydrogens (tertiary/aromatic N) is 1. The molecule has 1 aliphatic heterocycles. The standard InChI is InChI=1S/C16H32O3.C3H6N2/c1-4-5-6-7-8-9-10-11-12-13-16(3,14(2)17)15(18)19;1-2-5-3-4-1/h14,17H,4-13H2,1-3H3,(H,18,19);3H,1-2H2,(H,4,5). The van der Waals surface area contributed by atoms with Gasteiger partial charge in [0.2, 0.25) is 0 Å². The van der Waals surface area contributed by atoms with E-state index in [0.717, 1.165) is 25.9 Å². The fourth-order valence-corrected chi connectivity index (χ4v) is 2.62. The lowest BCUT2D eigenvalue weighted by Crippen LogP contribution is -2.38. The molecule has 5 heteroatoms. The van der Waals surface area contributed by atoms with E-state index in [1.165, 1.54) is 44.9 Å². The van der Waals surface area contributed by atoms with E-state index in [9.17, 15) is 9.90 Å². The first-order valence-electron chi connectivity index (χ1n) is 9.58. The van der Waals surface area contributed by atoms with E-state index >= 15 is 0 Å². The van der Waals surface area contributed by atoms with E-state index in [4.69, 9.17) is 5.11 Å². The van der Waals surface area contributed by atoms with Gasteiger partial charge in [0, 0.05) is 6.54 Å². The summed E-state index contributed by atoms with van der Waals surface area (Å²) in [5.41, 5.74) is -0.985. The summed E-state index contributed by atoms with van der Waals surface area (Å²) in [6.07, 6.45) is 12.5. The van der Waals surface area contributed by atoms with Crippen LogP contribution in [-0.4, -0.2) is 41.7 Å². The highest BCUT2D eigenvalue weighted by Crippen LogP contribution is 2.29. The Morgan fingerprint density at radius 1 is 1.17 bits per heavy atom. The van der Waals surface area contributed by atoms with Crippen molar-refractivity contribution >= 4 is 12.3 Å². The van der Waals surface area contributed by atoms with Crippen molar-refractivity contribution in [3.63, 3.8) is 0 Å². The maximum absolute atomic E-state index is 11.2. The van der Waals surface area contributed by atoms with Crippen LogP contribution < -0.4 is 5.32 Å². The Bertz CT molecular complexity index is 340. The molecule has 0 saturated heterocycles. The minimum atomic E-state index is -0.985. The van der Waals surface area contributed by atoms with Gasteiger partial charge in [-0.25, -0.2) is 0 Å². The first-order chi connectivity index (χ1) is 11.4. The van der Waals surface area contributed by atoms with E-state index in [0.29, 0.717) is 6.42 Å². The summed E-state index contributed by atoms with van der Waals surface area (Å²) >= 11 is 0. The molecular weight excluding hydrogens is 304 g/mol. The van der Waals surface area contributed by atoms with E-state index in [-0.39, 0.29) is 0 Å². The van der Waals surface area contributed by atoms with Crippen molar-refractivity contribution in [2.75, 3.05) is 13.1 Å². The van der Waals surface area contributed by atoms with Crippen LogP contribution in [0.4, 0.5) is 0 Å². The number of hydrogen-bond donors (Lipinski definition) is 3. The largest absolute Gasteiger partial charge is 0.481 e. The van der Waals surface area contributed by atoms with Crippen molar-refractivity contribution in [3.05, 3.63) is 0 Å². The third kappa shape index (κ3) is 10.6. The second kappa shape index (κ2) is 14.3. The van der Waals surface area contributed by atoms with Crippen LogP contribution >= 0.6 is 0 Å². The van der Waals surface area contributed by atoms with Gasteiger partial charge < -0.3 is 15.5 Å². The molecule has 0 bridgehead atoms. The van der Waals surface area contributed by atoms with Crippen LogP contribution in [0, 0.1) is 5.41 Å². The molecule has 5 nitrogen and oxygen atoms in total. The Labute approximate surface area is 148 Å². The SMILES string of the molecule is C1=NCCN1.CCCCCCCCCCCC(C)(C(=O)O)C(C)O. The molecule has 2 atom stereocenters. The minimum absolute atomic E-state index is 0.565. The second-order valence-electron chi connectivity index (χ2n) is 6.97. The Kier molecular flexibility index (Phi) is 13.6. The van der Waals surface area contributed by atoms with Gasteiger partial charge >= 0.3 is 5.97 Å². The number of hydrogen-bond acceptors (Lipinski definition) is 4. The summed E-state index contributed by atoms with van der Waals surface area (Å²) in [5, 5.41) is 21.7. The van der Waals surface area contributed by atoms with Crippen molar-refractivity contribution in [2.24, 2.45) is 10.4 Å². The smallest absolute Gasteiger partial charge is 0.311 e. The Morgan fingerprint density at radius 3 is 2.04 bits per heavy atom. The number of aliphatic imine (C=N–C) groups is 1. The number of aliphatic hydroxyl groups is 1. The van der Waals surface area contributed by atoms with Crippen LogP contribution in [0.5, 0.6) is 0 Å². The fraction of sp³-hybridized carbons (Fsp3) is 0.895. The molecular formula is C19H38N2O3. The van der Waals surface area contributed by atoms with Crippen LogP contribution in [0.3, 0.4) is 0 Å². The van der Waals surface area contributed by atoms with E-state index in [1.54, 1.807) is 20.2 Å². The third-order valence-corrected chi connectivity index (χ3v) is 4.78. The van der Waals surface area contributed by atoms with E-state index < -0.39 is 17.5 Å². The molecule has 0 fully saturated rings. The summed E-state index contributed by atoms with van der Waals surface area (Å²) < 4.78 is 0. The van der Waals surface area contributed by atoms with Crippen molar-refractivity contribution in [2.45, 2.75) is 91.1 Å². The van der Waals surface area contributed by atoms with E-state index in [1.807, 2.05) is 0 Å². The quantitative estimate of drug-likeness (QED) is 0.468. The molecule has 1 aliphatic rings. The number of rotatable bonds is 12. The Balaban J connectivity index is 0.000000889. The molecule has 0 amide bonds. The minimum Gasteiger partial charge on any atom is -0.481 e. The monoisotopic (exact) mass is 342 g/mol. The highest BCUT2D eigenvalue weighted by atomic mass is 16.4. The first kappa shape index (κ1) is 22.9. The predicted octanol–water partition coefficient (Wildman–Crippen LogP) is 4.00.